The molecule has 0 amide bonds. The van der Waals surface area contributed by atoms with E-state index in [4.69, 9.17) is 4.74 Å². The first-order valence-electron chi connectivity index (χ1n) is 6.50. The van der Waals surface area contributed by atoms with Crippen molar-refractivity contribution in [3.05, 3.63) is 5.01 Å². The lowest BCUT2D eigenvalue weighted by Crippen LogP contribution is -2.39. The average molecular weight is 303 g/mol. The zero-order chi connectivity index (χ0) is 14.1. The van der Waals surface area contributed by atoms with E-state index in [1.54, 1.807) is 23.1 Å². The van der Waals surface area contributed by atoms with Crippen LogP contribution in [0.5, 0.6) is 0 Å². The van der Waals surface area contributed by atoms with Gasteiger partial charge in [-0.05, 0) is 33.2 Å². The molecule has 1 rings (SSSR count). The summed E-state index contributed by atoms with van der Waals surface area (Å²) in [5.41, 5.74) is 0. The molecule has 0 bridgehead atoms. The summed E-state index contributed by atoms with van der Waals surface area (Å²) in [5, 5.41) is 12.2. The third-order valence-corrected chi connectivity index (χ3v) is 4.36. The van der Waals surface area contributed by atoms with Crippen molar-refractivity contribution in [1.82, 2.24) is 15.5 Å². The number of hydrogen-bond donors (Lipinski definition) is 1. The average Bonchev–Trinajstić information content (AvgIpc) is 2.79. The summed E-state index contributed by atoms with van der Waals surface area (Å²) in [6.07, 6.45) is 1.74. The molecule has 0 aliphatic heterocycles. The predicted octanol–water partition coefficient (Wildman–Crippen LogP) is 2.26. The summed E-state index contributed by atoms with van der Waals surface area (Å²) < 4.78 is 6.03. The van der Waals surface area contributed by atoms with Gasteiger partial charge < -0.3 is 10.1 Å². The Kier molecular flexibility index (Phi) is 8.00. The number of aryl methyl sites for hydroxylation is 1. The van der Waals surface area contributed by atoms with Crippen LogP contribution in [0, 0.1) is 6.92 Å². The molecule has 0 saturated carbocycles. The summed E-state index contributed by atoms with van der Waals surface area (Å²) in [7, 11) is 0. The first-order chi connectivity index (χ1) is 9.17. The minimum Gasteiger partial charge on any atom is -0.465 e. The van der Waals surface area contributed by atoms with Crippen LogP contribution in [0.4, 0.5) is 0 Å². The molecule has 7 heteroatoms. The molecule has 0 aliphatic rings. The molecule has 0 aromatic carbocycles. The van der Waals surface area contributed by atoms with Gasteiger partial charge in [0.15, 0.2) is 4.34 Å². The largest absolute Gasteiger partial charge is 0.465 e. The number of carbonyl (C=O) groups excluding carboxylic acids is 1. The number of ether oxygens (including phenoxy) is 1. The minimum atomic E-state index is -0.221. The molecule has 0 aliphatic carbocycles. The molecule has 1 N–H and O–H groups in total. The maximum atomic E-state index is 11.8. The number of aromatic nitrogens is 2. The summed E-state index contributed by atoms with van der Waals surface area (Å²) in [6.45, 7) is 7.09. The topological polar surface area (TPSA) is 64.1 Å². The Labute approximate surface area is 122 Å². The fourth-order valence-electron chi connectivity index (χ4n) is 1.47. The highest BCUT2D eigenvalue weighted by atomic mass is 32.2. The minimum absolute atomic E-state index is 0.162. The number of carbonyl (C=O) groups is 1. The van der Waals surface area contributed by atoms with Crippen LogP contribution in [0.15, 0.2) is 4.34 Å². The van der Waals surface area contributed by atoms with E-state index < -0.39 is 0 Å². The Balaban J connectivity index is 2.36. The van der Waals surface area contributed by atoms with Crippen molar-refractivity contribution in [2.75, 3.05) is 18.9 Å². The van der Waals surface area contributed by atoms with Crippen molar-refractivity contribution in [3.63, 3.8) is 0 Å². The number of thioether (sulfide) groups is 1. The molecule has 1 atom stereocenters. The van der Waals surface area contributed by atoms with Crippen LogP contribution in [0.3, 0.4) is 0 Å². The molecule has 108 valence electrons. The van der Waals surface area contributed by atoms with Crippen molar-refractivity contribution >= 4 is 29.1 Å². The van der Waals surface area contributed by atoms with E-state index in [0.29, 0.717) is 6.61 Å². The smallest absolute Gasteiger partial charge is 0.323 e. The lowest BCUT2D eigenvalue weighted by molar-refractivity contribution is -0.145. The van der Waals surface area contributed by atoms with E-state index in [1.807, 2.05) is 13.8 Å². The van der Waals surface area contributed by atoms with Crippen LogP contribution in [-0.2, 0) is 9.53 Å². The van der Waals surface area contributed by atoms with Crippen molar-refractivity contribution in [2.24, 2.45) is 0 Å². The van der Waals surface area contributed by atoms with Crippen molar-refractivity contribution in [3.8, 4) is 0 Å². The van der Waals surface area contributed by atoms with Gasteiger partial charge >= 0.3 is 5.97 Å². The van der Waals surface area contributed by atoms with Gasteiger partial charge in [-0.2, -0.15) is 0 Å². The molecule has 1 aromatic heterocycles. The van der Waals surface area contributed by atoms with E-state index in [0.717, 1.165) is 34.5 Å². The molecule has 1 aromatic rings. The third-order valence-electron chi connectivity index (χ3n) is 2.35. The highest BCUT2D eigenvalue weighted by molar-refractivity contribution is 8.01. The Morgan fingerprint density at radius 1 is 1.47 bits per heavy atom. The SMILES string of the molecule is CCCNC(CCSc1nnc(C)s1)C(=O)OCC. The number of nitrogens with one attached hydrogen (secondary N) is 1. The highest BCUT2D eigenvalue weighted by Crippen LogP contribution is 2.22. The first-order valence-corrected chi connectivity index (χ1v) is 8.30. The van der Waals surface area contributed by atoms with Crippen LogP contribution >= 0.6 is 23.1 Å². The van der Waals surface area contributed by atoms with Gasteiger partial charge in [0.1, 0.15) is 11.0 Å². The molecule has 19 heavy (non-hydrogen) atoms. The fraction of sp³-hybridized carbons (Fsp3) is 0.750. The third kappa shape index (κ3) is 6.35. The zero-order valence-electron chi connectivity index (χ0n) is 11.6. The summed E-state index contributed by atoms with van der Waals surface area (Å²) in [4.78, 5) is 11.8. The number of hydrogen-bond acceptors (Lipinski definition) is 7. The van der Waals surface area contributed by atoms with Crippen LogP contribution in [0.2, 0.25) is 0 Å². The Hall–Kier alpha value is -0.660. The maximum Gasteiger partial charge on any atom is 0.323 e. The van der Waals surface area contributed by atoms with E-state index in [2.05, 4.69) is 22.4 Å². The maximum absolute atomic E-state index is 11.8. The molecule has 0 spiro atoms. The van der Waals surface area contributed by atoms with Crippen molar-refractivity contribution < 1.29 is 9.53 Å². The standard InChI is InChI=1S/C12H21N3O2S2/c1-4-7-13-10(11(16)17-5-2)6-8-18-12-15-14-9(3)19-12/h10,13H,4-8H2,1-3H3. The molecule has 0 saturated heterocycles. The normalized spacial score (nSPS) is 12.4. The quantitative estimate of drug-likeness (QED) is 0.557. The van der Waals surface area contributed by atoms with Gasteiger partial charge in [-0.3, -0.25) is 4.79 Å². The molecular formula is C12H21N3O2S2. The lowest BCUT2D eigenvalue weighted by atomic mass is 10.2. The monoisotopic (exact) mass is 303 g/mol. The molecule has 0 radical (unpaired) electrons. The van der Waals surface area contributed by atoms with E-state index >= 15 is 0 Å². The zero-order valence-corrected chi connectivity index (χ0v) is 13.3. The number of esters is 1. The summed E-state index contributed by atoms with van der Waals surface area (Å²) in [6, 6.07) is -0.221. The van der Waals surface area contributed by atoms with Crippen LogP contribution in [0.1, 0.15) is 31.7 Å². The van der Waals surface area contributed by atoms with E-state index in [-0.39, 0.29) is 12.0 Å². The molecule has 0 fully saturated rings. The molecule has 5 nitrogen and oxygen atoms in total. The first kappa shape index (κ1) is 16.4. The Morgan fingerprint density at radius 3 is 2.84 bits per heavy atom. The van der Waals surface area contributed by atoms with Crippen molar-refractivity contribution in [1.29, 1.82) is 0 Å². The van der Waals surface area contributed by atoms with Crippen molar-refractivity contribution in [2.45, 2.75) is 44.0 Å². The second kappa shape index (κ2) is 9.28. The van der Waals surface area contributed by atoms with Gasteiger partial charge in [-0.1, -0.05) is 30.0 Å². The van der Waals surface area contributed by atoms with Crippen LogP contribution in [0.25, 0.3) is 0 Å². The summed E-state index contributed by atoms with van der Waals surface area (Å²) in [5.74, 6) is 0.666. The van der Waals surface area contributed by atoms with Gasteiger partial charge in [0.25, 0.3) is 0 Å². The van der Waals surface area contributed by atoms with Gasteiger partial charge in [-0.25, -0.2) is 0 Å². The van der Waals surface area contributed by atoms with E-state index in [1.165, 1.54) is 0 Å². The lowest BCUT2D eigenvalue weighted by Gasteiger charge is -2.16. The van der Waals surface area contributed by atoms with Crippen LogP contribution in [-0.4, -0.2) is 41.1 Å². The Morgan fingerprint density at radius 2 is 2.26 bits per heavy atom. The number of nitrogens with zero attached hydrogens (tertiary/aromatic N) is 2. The number of rotatable bonds is 9. The fourth-order valence-corrected chi connectivity index (χ4v) is 3.36. The highest BCUT2D eigenvalue weighted by Gasteiger charge is 2.18. The van der Waals surface area contributed by atoms with Gasteiger partial charge in [0, 0.05) is 5.75 Å². The Bertz CT molecular complexity index is 385. The second-order valence-electron chi connectivity index (χ2n) is 3.98. The van der Waals surface area contributed by atoms with E-state index in [9.17, 15) is 4.79 Å². The van der Waals surface area contributed by atoms with Gasteiger partial charge in [0.05, 0.1) is 6.61 Å². The summed E-state index contributed by atoms with van der Waals surface area (Å²) >= 11 is 3.22. The molecule has 1 unspecified atom stereocenters. The molecule has 1 heterocycles. The molecular weight excluding hydrogens is 282 g/mol. The predicted molar refractivity (Wildman–Crippen MR) is 78.7 cm³/mol. The van der Waals surface area contributed by atoms with Gasteiger partial charge in [-0.15, -0.1) is 10.2 Å². The second-order valence-corrected chi connectivity index (χ2v) is 6.51. The van der Waals surface area contributed by atoms with Crippen LogP contribution < -0.4 is 5.32 Å². The van der Waals surface area contributed by atoms with Gasteiger partial charge in [0.2, 0.25) is 0 Å².